The van der Waals surface area contributed by atoms with Gasteiger partial charge >= 0.3 is 6.03 Å². The van der Waals surface area contributed by atoms with Crippen LogP contribution in [0.1, 0.15) is 38.5 Å². The minimum atomic E-state index is -0.240. The fourth-order valence-corrected chi connectivity index (χ4v) is 2.86. The van der Waals surface area contributed by atoms with Gasteiger partial charge in [-0.25, -0.2) is 4.79 Å². The first-order valence-electron chi connectivity index (χ1n) is 6.97. The quantitative estimate of drug-likeness (QED) is 0.778. The third kappa shape index (κ3) is 3.36. The summed E-state index contributed by atoms with van der Waals surface area (Å²) in [7, 11) is 1.71. The van der Waals surface area contributed by atoms with E-state index in [0.717, 1.165) is 19.3 Å². The molecule has 0 radical (unpaired) electrons. The fraction of sp³-hybridized carbons (Fsp3) is 0.923. The van der Waals surface area contributed by atoms with E-state index in [9.17, 15) is 9.90 Å². The number of ether oxygens (including phenoxy) is 1. The number of nitrogens with one attached hydrogen (secondary N) is 1. The molecule has 0 aromatic carbocycles. The molecule has 0 spiro atoms. The van der Waals surface area contributed by atoms with Crippen LogP contribution in [0.15, 0.2) is 0 Å². The van der Waals surface area contributed by atoms with Crippen molar-refractivity contribution in [2.45, 2.75) is 56.8 Å². The number of urea groups is 1. The third-order valence-electron chi connectivity index (χ3n) is 4.07. The lowest BCUT2D eigenvalue weighted by Crippen LogP contribution is -2.52. The summed E-state index contributed by atoms with van der Waals surface area (Å²) in [6.45, 7) is 1.30. The van der Waals surface area contributed by atoms with Gasteiger partial charge in [0.05, 0.1) is 18.2 Å². The highest BCUT2D eigenvalue weighted by Gasteiger charge is 2.29. The van der Waals surface area contributed by atoms with Gasteiger partial charge in [0.1, 0.15) is 0 Å². The van der Waals surface area contributed by atoms with E-state index in [4.69, 9.17) is 4.74 Å². The van der Waals surface area contributed by atoms with Crippen molar-refractivity contribution >= 4 is 6.03 Å². The highest BCUT2D eigenvalue weighted by Crippen LogP contribution is 2.21. The lowest BCUT2D eigenvalue weighted by Gasteiger charge is -2.35. The molecule has 5 nitrogen and oxygen atoms in total. The summed E-state index contributed by atoms with van der Waals surface area (Å²) in [6.07, 6.45) is 5.65. The normalized spacial score (nSPS) is 30.2. The Bertz CT molecular complexity index is 277. The van der Waals surface area contributed by atoms with Gasteiger partial charge in [-0.2, -0.15) is 0 Å². The van der Waals surface area contributed by atoms with Crippen LogP contribution < -0.4 is 5.32 Å². The van der Waals surface area contributed by atoms with Gasteiger partial charge in [0.2, 0.25) is 0 Å². The third-order valence-corrected chi connectivity index (χ3v) is 4.07. The number of methoxy groups -OCH3 is 1. The zero-order valence-electron chi connectivity index (χ0n) is 11.1. The van der Waals surface area contributed by atoms with E-state index in [0.29, 0.717) is 25.9 Å². The first-order valence-corrected chi connectivity index (χ1v) is 6.97. The Morgan fingerprint density at radius 1 is 1.22 bits per heavy atom. The number of rotatable bonds is 2. The maximum Gasteiger partial charge on any atom is 0.317 e. The van der Waals surface area contributed by atoms with Gasteiger partial charge in [0.25, 0.3) is 0 Å². The molecule has 2 fully saturated rings. The molecule has 0 bridgehead atoms. The molecule has 2 atom stereocenters. The first-order chi connectivity index (χ1) is 8.70. The summed E-state index contributed by atoms with van der Waals surface area (Å²) in [6, 6.07) is 0.138. The van der Waals surface area contributed by atoms with Gasteiger partial charge in [-0.3, -0.25) is 0 Å². The fourth-order valence-electron chi connectivity index (χ4n) is 2.86. The monoisotopic (exact) mass is 256 g/mol. The summed E-state index contributed by atoms with van der Waals surface area (Å²) in [5, 5.41) is 12.5. The molecular formula is C13H24N2O3. The van der Waals surface area contributed by atoms with Gasteiger partial charge in [0.15, 0.2) is 0 Å². The predicted octanol–water partition coefficient (Wildman–Crippen LogP) is 1.11. The molecule has 0 unspecified atom stereocenters. The number of nitrogens with zero attached hydrogens (tertiary/aromatic N) is 1. The van der Waals surface area contributed by atoms with Crippen LogP contribution >= 0.6 is 0 Å². The number of carbonyl (C=O) groups is 1. The van der Waals surface area contributed by atoms with Crippen LogP contribution in [0, 0.1) is 0 Å². The SMILES string of the molecule is CO[C@H]1CCCC[C@H]1NC(=O)N1CCC(O)CC1. The Morgan fingerprint density at radius 3 is 2.56 bits per heavy atom. The molecule has 2 rings (SSSR count). The topological polar surface area (TPSA) is 61.8 Å². The number of carbonyl (C=O) groups excluding carboxylic acids is 1. The van der Waals surface area contributed by atoms with Crippen LogP contribution in [0.3, 0.4) is 0 Å². The maximum atomic E-state index is 12.1. The Morgan fingerprint density at radius 2 is 1.89 bits per heavy atom. The van der Waals surface area contributed by atoms with E-state index in [-0.39, 0.29) is 24.3 Å². The number of hydrogen-bond acceptors (Lipinski definition) is 3. The number of hydrogen-bond donors (Lipinski definition) is 2. The number of amides is 2. The lowest BCUT2D eigenvalue weighted by atomic mass is 9.92. The van der Waals surface area contributed by atoms with E-state index >= 15 is 0 Å². The Balaban J connectivity index is 1.82. The second kappa shape index (κ2) is 6.38. The summed E-state index contributed by atoms with van der Waals surface area (Å²) < 4.78 is 5.44. The number of likely N-dealkylation sites (tertiary alicyclic amines) is 1. The number of aliphatic hydroxyl groups excluding tert-OH is 1. The minimum Gasteiger partial charge on any atom is -0.393 e. The summed E-state index contributed by atoms with van der Waals surface area (Å²) in [5.41, 5.74) is 0. The smallest absolute Gasteiger partial charge is 0.317 e. The summed E-state index contributed by atoms with van der Waals surface area (Å²) in [5.74, 6) is 0. The van der Waals surface area contributed by atoms with Crippen LogP contribution in [0.25, 0.3) is 0 Å². The molecule has 2 N–H and O–H groups in total. The molecule has 2 amide bonds. The minimum absolute atomic E-state index is 0.00384. The van der Waals surface area contributed by atoms with Crippen LogP contribution in [0.2, 0.25) is 0 Å². The van der Waals surface area contributed by atoms with Gasteiger partial charge in [-0.1, -0.05) is 12.8 Å². The highest BCUT2D eigenvalue weighted by molar-refractivity contribution is 5.74. The summed E-state index contributed by atoms with van der Waals surface area (Å²) >= 11 is 0. The molecule has 1 saturated heterocycles. The maximum absolute atomic E-state index is 12.1. The molecule has 5 heteroatoms. The Labute approximate surface area is 108 Å². The number of piperidine rings is 1. The van der Waals surface area contributed by atoms with Gasteiger partial charge in [-0.05, 0) is 25.7 Å². The van der Waals surface area contributed by atoms with E-state index in [1.54, 1.807) is 12.0 Å². The Kier molecular flexibility index (Phi) is 4.83. The van der Waals surface area contributed by atoms with E-state index in [1.807, 2.05) is 0 Å². The van der Waals surface area contributed by atoms with Crippen LogP contribution in [-0.4, -0.2) is 54.5 Å². The Hall–Kier alpha value is -0.810. The van der Waals surface area contributed by atoms with Crippen molar-refractivity contribution in [3.63, 3.8) is 0 Å². The van der Waals surface area contributed by atoms with Crippen molar-refractivity contribution in [3.05, 3.63) is 0 Å². The lowest BCUT2D eigenvalue weighted by molar-refractivity contribution is 0.0405. The van der Waals surface area contributed by atoms with Crippen molar-refractivity contribution < 1.29 is 14.6 Å². The van der Waals surface area contributed by atoms with Crippen molar-refractivity contribution in [2.24, 2.45) is 0 Å². The molecule has 1 aliphatic heterocycles. The molecule has 1 heterocycles. The molecule has 18 heavy (non-hydrogen) atoms. The van der Waals surface area contributed by atoms with Crippen molar-refractivity contribution in [1.29, 1.82) is 0 Å². The van der Waals surface area contributed by atoms with E-state index in [1.165, 1.54) is 6.42 Å². The average Bonchev–Trinajstić information content (AvgIpc) is 2.40. The number of aliphatic hydroxyl groups is 1. The van der Waals surface area contributed by atoms with Crippen LogP contribution in [-0.2, 0) is 4.74 Å². The predicted molar refractivity (Wildman–Crippen MR) is 68.4 cm³/mol. The van der Waals surface area contributed by atoms with Crippen molar-refractivity contribution in [3.8, 4) is 0 Å². The van der Waals surface area contributed by atoms with Crippen LogP contribution in [0.5, 0.6) is 0 Å². The van der Waals surface area contributed by atoms with Gasteiger partial charge in [-0.15, -0.1) is 0 Å². The van der Waals surface area contributed by atoms with E-state index in [2.05, 4.69) is 5.32 Å². The van der Waals surface area contributed by atoms with Gasteiger partial charge < -0.3 is 20.1 Å². The molecule has 2 aliphatic rings. The molecule has 1 saturated carbocycles. The molecular weight excluding hydrogens is 232 g/mol. The molecule has 0 aromatic rings. The standard InChI is InChI=1S/C13H24N2O3/c1-18-12-5-3-2-4-11(12)14-13(17)15-8-6-10(16)7-9-15/h10-12,16H,2-9H2,1H3,(H,14,17)/t11-,12+/m1/s1. The molecule has 1 aliphatic carbocycles. The largest absolute Gasteiger partial charge is 0.393 e. The molecule has 0 aromatic heterocycles. The average molecular weight is 256 g/mol. The van der Waals surface area contributed by atoms with Crippen LogP contribution in [0.4, 0.5) is 4.79 Å². The zero-order valence-corrected chi connectivity index (χ0v) is 11.1. The highest BCUT2D eigenvalue weighted by atomic mass is 16.5. The molecule has 104 valence electrons. The van der Waals surface area contributed by atoms with Crippen molar-refractivity contribution in [1.82, 2.24) is 10.2 Å². The second-order valence-corrected chi connectivity index (χ2v) is 5.33. The first kappa shape index (κ1) is 13.6. The second-order valence-electron chi connectivity index (χ2n) is 5.33. The van der Waals surface area contributed by atoms with Gasteiger partial charge in [0, 0.05) is 20.2 Å². The van der Waals surface area contributed by atoms with Crippen molar-refractivity contribution in [2.75, 3.05) is 20.2 Å². The zero-order chi connectivity index (χ0) is 13.0. The summed E-state index contributed by atoms with van der Waals surface area (Å²) in [4.78, 5) is 13.9. The van der Waals surface area contributed by atoms with E-state index < -0.39 is 0 Å².